The fourth-order valence-corrected chi connectivity index (χ4v) is 3.83. The molecule has 102 valence electrons. The van der Waals surface area contributed by atoms with Crippen molar-refractivity contribution in [3.8, 4) is 0 Å². The van der Waals surface area contributed by atoms with Crippen LogP contribution in [0.3, 0.4) is 0 Å². The van der Waals surface area contributed by atoms with Gasteiger partial charge in [0.25, 0.3) is 0 Å². The monoisotopic (exact) mass is 259 g/mol. The average molecular weight is 259 g/mol. The molecule has 1 aromatic carbocycles. The summed E-state index contributed by atoms with van der Waals surface area (Å²) < 4.78 is 0. The van der Waals surface area contributed by atoms with Gasteiger partial charge in [-0.05, 0) is 55.1 Å². The summed E-state index contributed by atoms with van der Waals surface area (Å²) in [6, 6.07) is 8.66. The largest absolute Gasteiger partial charge is 0.465 e. The van der Waals surface area contributed by atoms with Gasteiger partial charge in [-0.2, -0.15) is 0 Å². The van der Waals surface area contributed by atoms with Crippen LogP contribution in [0.25, 0.3) is 0 Å². The smallest absolute Gasteiger partial charge is 0.407 e. The average Bonchev–Trinajstić information content (AvgIpc) is 2.37. The van der Waals surface area contributed by atoms with Gasteiger partial charge in [-0.1, -0.05) is 24.3 Å². The third-order valence-electron chi connectivity index (χ3n) is 5.08. The molecule has 3 rings (SSSR count). The number of carbonyl (C=O) groups is 1. The summed E-state index contributed by atoms with van der Waals surface area (Å²) in [4.78, 5) is 12.5. The molecule has 1 aliphatic carbocycles. The number of carboxylic acid groups (broad SMARTS) is 1. The Morgan fingerprint density at radius 1 is 1.26 bits per heavy atom. The van der Waals surface area contributed by atoms with Gasteiger partial charge in [0.15, 0.2) is 0 Å². The van der Waals surface area contributed by atoms with Gasteiger partial charge in [-0.3, -0.25) is 0 Å². The Bertz CT molecular complexity index is 481. The van der Waals surface area contributed by atoms with E-state index in [2.05, 4.69) is 31.2 Å². The van der Waals surface area contributed by atoms with Crippen LogP contribution in [0.1, 0.15) is 42.7 Å². The third-order valence-corrected chi connectivity index (χ3v) is 5.08. The molecule has 1 heterocycles. The van der Waals surface area contributed by atoms with Gasteiger partial charge in [0.1, 0.15) is 0 Å². The molecule has 1 amide bonds. The van der Waals surface area contributed by atoms with Crippen LogP contribution in [-0.4, -0.2) is 29.2 Å². The summed E-state index contributed by atoms with van der Waals surface area (Å²) >= 11 is 0. The maximum atomic E-state index is 10.9. The van der Waals surface area contributed by atoms with Gasteiger partial charge in [-0.15, -0.1) is 0 Å². The molecule has 0 unspecified atom stereocenters. The van der Waals surface area contributed by atoms with Crippen molar-refractivity contribution in [3.05, 3.63) is 35.4 Å². The lowest BCUT2D eigenvalue weighted by Gasteiger charge is -2.52. The minimum Gasteiger partial charge on any atom is -0.465 e. The number of benzene rings is 1. The van der Waals surface area contributed by atoms with E-state index in [4.69, 9.17) is 5.11 Å². The molecule has 19 heavy (non-hydrogen) atoms. The van der Waals surface area contributed by atoms with Crippen molar-refractivity contribution in [2.45, 2.75) is 38.5 Å². The van der Waals surface area contributed by atoms with Crippen molar-refractivity contribution in [1.82, 2.24) is 4.90 Å². The summed E-state index contributed by atoms with van der Waals surface area (Å²) in [5.41, 5.74) is 3.32. The second-order valence-electron chi connectivity index (χ2n) is 6.23. The number of nitrogens with zero attached hydrogens (tertiary/aromatic N) is 1. The molecule has 2 fully saturated rings. The van der Waals surface area contributed by atoms with E-state index in [0.717, 1.165) is 25.9 Å². The van der Waals surface area contributed by atoms with Crippen LogP contribution < -0.4 is 0 Å². The van der Waals surface area contributed by atoms with Crippen molar-refractivity contribution in [2.75, 3.05) is 13.1 Å². The van der Waals surface area contributed by atoms with Crippen molar-refractivity contribution in [1.29, 1.82) is 0 Å². The van der Waals surface area contributed by atoms with Gasteiger partial charge in [0.05, 0.1) is 0 Å². The molecular weight excluding hydrogens is 238 g/mol. The van der Waals surface area contributed by atoms with Gasteiger partial charge >= 0.3 is 6.09 Å². The van der Waals surface area contributed by atoms with Crippen LogP contribution in [0.2, 0.25) is 0 Å². The predicted octanol–water partition coefficient (Wildman–Crippen LogP) is 3.63. The Hall–Kier alpha value is -1.51. The van der Waals surface area contributed by atoms with Gasteiger partial charge < -0.3 is 10.0 Å². The van der Waals surface area contributed by atoms with Crippen molar-refractivity contribution >= 4 is 6.09 Å². The highest BCUT2D eigenvalue weighted by Crippen LogP contribution is 2.57. The Balaban J connectivity index is 1.61. The normalized spacial score (nSPS) is 22.3. The van der Waals surface area contributed by atoms with Gasteiger partial charge in [0, 0.05) is 13.1 Å². The standard InChI is InChI=1S/C16H21NO2/c1-12-4-2-3-5-14(12)13-10-16(11-13)6-8-17(9-7-16)15(18)19/h2-5,13H,6-11H2,1H3,(H,18,19). The first-order chi connectivity index (χ1) is 9.10. The van der Waals surface area contributed by atoms with Crippen LogP contribution in [0.4, 0.5) is 4.79 Å². The summed E-state index contributed by atoms with van der Waals surface area (Å²) in [6.45, 7) is 3.62. The number of rotatable bonds is 1. The molecule has 1 saturated heterocycles. The van der Waals surface area contributed by atoms with E-state index in [0.29, 0.717) is 11.3 Å². The van der Waals surface area contributed by atoms with Crippen LogP contribution >= 0.6 is 0 Å². The lowest BCUT2D eigenvalue weighted by atomic mass is 9.55. The van der Waals surface area contributed by atoms with E-state index in [1.54, 1.807) is 4.90 Å². The molecule has 3 nitrogen and oxygen atoms in total. The topological polar surface area (TPSA) is 40.5 Å². The number of hydrogen-bond acceptors (Lipinski definition) is 1. The first-order valence-electron chi connectivity index (χ1n) is 7.13. The molecule has 0 atom stereocenters. The quantitative estimate of drug-likeness (QED) is 0.836. The second kappa shape index (κ2) is 4.55. The maximum Gasteiger partial charge on any atom is 0.407 e. The van der Waals surface area contributed by atoms with Crippen LogP contribution in [0.5, 0.6) is 0 Å². The summed E-state index contributed by atoms with van der Waals surface area (Å²) in [7, 11) is 0. The summed E-state index contributed by atoms with van der Waals surface area (Å²) in [5.74, 6) is 0.692. The highest BCUT2D eigenvalue weighted by molar-refractivity contribution is 5.65. The maximum absolute atomic E-state index is 10.9. The highest BCUT2D eigenvalue weighted by atomic mass is 16.4. The van der Waals surface area contributed by atoms with E-state index in [1.807, 2.05) is 0 Å². The molecule has 1 saturated carbocycles. The van der Waals surface area contributed by atoms with E-state index in [-0.39, 0.29) is 0 Å². The molecule has 0 radical (unpaired) electrons. The second-order valence-corrected chi connectivity index (χ2v) is 6.23. The zero-order chi connectivity index (χ0) is 13.5. The van der Waals surface area contributed by atoms with Gasteiger partial charge in [-0.25, -0.2) is 4.79 Å². The lowest BCUT2D eigenvalue weighted by Crippen LogP contribution is -2.47. The van der Waals surface area contributed by atoms with Crippen molar-refractivity contribution < 1.29 is 9.90 Å². The van der Waals surface area contributed by atoms with E-state index < -0.39 is 6.09 Å². The fraction of sp³-hybridized carbons (Fsp3) is 0.562. The van der Waals surface area contributed by atoms with E-state index >= 15 is 0 Å². The zero-order valence-electron chi connectivity index (χ0n) is 11.4. The molecule has 0 bridgehead atoms. The Morgan fingerprint density at radius 3 is 2.47 bits per heavy atom. The highest BCUT2D eigenvalue weighted by Gasteiger charge is 2.46. The third kappa shape index (κ3) is 2.22. The molecule has 2 aliphatic rings. The fourth-order valence-electron chi connectivity index (χ4n) is 3.83. The first kappa shape index (κ1) is 12.5. The Morgan fingerprint density at radius 2 is 1.89 bits per heavy atom. The van der Waals surface area contributed by atoms with E-state index in [1.165, 1.54) is 24.0 Å². The molecule has 1 spiro atoms. The molecule has 1 N–H and O–H groups in total. The van der Waals surface area contributed by atoms with Crippen molar-refractivity contribution in [3.63, 3.8) is 0 Å². The zero-order valence-corrected chi connectivity index (χ0v) is 11.4. The minimum atomic E-state index is -0.760. The number of piperidine rings is 1. The number of hydrogen-bond donors (Lipinski definition) is 1. The molecule has 3 heteroatoms. The molecule has 0 aromatic heterocycles. The molecule has 1 aliphatic heterocycles. The van der Waals surface area contributed by atoms with Crippen molar-refractivity contribution in [2.24, 2.45) is 5.41 Å². The summed E-state index contributed by atoms with van der Waals surface area (Å²) in [5, 5.41) is 8.99. The summed E-state index contributed by atoms with van der Waals surface area (Å²) in [6.07, 6.45) is 3.81. The number of aryl methyl sites for hydroxylation is 1. The molecular formula is C16H21NO2. The van der Waals surface area contributed by atoms with Crippen LogP contribution in [0.15, 0.2) is 24.3 Å². The predicted molar refractivity (Wildman–Crippen MR) is 74.4 cm³/mol. The SMILES string of the molecule is Cc1ccccc1C1CC2(CCN(C(=O)O)CC2)C1. The van der Waals surface area contributed by atoms with Crippen LogP contribution in [-0.2, 0) is 0 Å². The lowest BCUT2D eigenvalue weighted by molar-refractivity contribution is 0.0188. The number of amides is 1. The first-order valence-corrected chi connectivity index (χ1v) is 7.13. The van der Waals surface area contributed by atoms with Crippen LogP contribution in [0, 0.1) is 12.3 Å². The van der Waals surface area contributed by atoms with E-state index in [9.17, 15) is 4.79 Å². The number of likely N-dealkylation sites (tertiary alicyclic amines) is 1. The Kier molecular flexibility index (Phi) is 3.00. The minimum absolute atomic E-state index is 0.429. The Labute approximate surface area is 114 Å². The van der Waals surface area contributed by atoms with Gasteiger partial charge in [0.2, 0.25) is 0 Å². The molecule has 1 aromatic rings.